The molecule has 8 heteroatoms. The van der Waals surface area contributed by atoms with Gasteiger partial charge in [0.1, 0.15) is 11.8 Å². The quantitative estimate of drug-likeness (QED) is 0.693. The number of nitrogens with one attached hydrogen (secondary N) is 3. The highest BCUT2D eigenvalue weighted by Crippen LogP contribution is 2.33. The van der Waals surface area contributed by atoms with Crippen LogP contribution in [0.3, 0.4) is 0 Å². The molecule has 2 aromatic rings. The molecule has 120 valence electrons. The second-order valence-corrected chi connectivity index (χ2v) is 5.90. The van der Waals surface area contributed by atoms with Gasteiger partial charge in [0.05, 0.1) is 0 Å². The molecular weight excluding hydrogens is 366 g/mol. The maximum Gasteiger partial charge on any atom is 0.286 e. The summed E-state index contributed by atoms with van der Waals surface area (Å²) >= 11 is 3.23. The van der Waals surface area contributed by atoms with Crippen LogP contribution in [0, 0.1) is 0 Å². The molecule has 1 aromatic carbocycles. The van der Waals surface area contributed by atoms with E-state index in [2.05, 4.69) is 31.8 Å². The first-order valence-electron chi connectivity index (χ1n) is 6.91. The van der Waals surface area contributed by atoms with Crippen LogP contribution in [0.5, 0.6) is 11.5 Å². The Morgan fingerprint density at radius 1 is 1.17 bits per heavy atom. The van der Waals surface area contributed by atoms with Crippen LogP contribution in [0.15, 0.2) is 41.0 Å². The summed E-state index contributed by atoms with van der Waals surface area (Å²) in [6, 6.07) is 8.70. The number of amides is 2. The maximum atomic E-state index is 12.2. The van der Waals surface area contributed by atoms with Gasteiger partial charge in [0.2, 0.25) is 6.10 Å². The Labute approximate surface area is 140 Å². The Kier molecular flexibility index (Phi) is 4.24. The van der Waals surface area contributed by atoms with Crippen molar-refractivity contribution in [3.8, 4) is 11.5 Å². The third-order valence-corrected chi connectivity index (χ3v) is 3.75. The molecule has 2 unspecified atom stereocenters. The molecule has 2 amide bonds. The number of aromatic amines is 1. The number of halogens is 1. The molecule has 3 N–H and O–H groups in total. The fourth-order valence-corrected chi connectivity index (χ4v) is 2.51. The Hall–Kier alpha value is -2.48. The van der Waals surface area contributed by atoms with Crippen LogP contribution < -0.4 is 20.3 Å². The SMILES string of the molecule is CC1Oc2ccccc2OC1C(=O)NNC(=O)c1cc(Br)c[nH]1. The number of ether oxygens (including phenoxy) is 2. The van der Waals surface area contributed by atoms with Gasteiger partial charge in [-0.15, -0.1) is 0 Å². The summed E-state index contributed by atoms with van der Waals surface area (Å²) < 4.78 is 12.0. The molecule has 3 rings (SSSR count). The van der Waals surface area contributed by atoms with E-state index in [4.69, 9.17) is 9.47 Å². The number of hydrazine groups is 1. The fraction of sp³-hybridized carbons (Fsp3) is 0.200. The van der Waals surface area contributed by atoms with E-state index in [0.29, 0.717) is 17.2 Å². The Balaban J connectivity index is 1.61. The number of carbonyl (C=O) groups is 2. The van der Waals surface area contributed by atoms with E-state index in [-0.39, 0.29) is 0 Å². The molecule has 0 radical (unpaired) electrons. The first-order chi connectivity index (χ1) is 11.0. The zero-order chi connectivity index (χ0) is 16.4. The average Bonchev–Trinajstić information content (AvgIpc) is 2.98. The maximum absolute atomic E-state index is 12.2. The molecule has 0 fully saturated rings. The summed E-state index contributed by atoms with van der Waals surface area (Å²) in [5.74, 6) is 0.120. The van der Waals surface area contributed by atoms with E-state index < -0.39 is 24.0 Å². The van der Waals surface area contributed by atoms with Crippen molar-refractivity contribution in [2.24, 2.45) is 0 Å². The van der Waals surface area contributed by atoms with Crippen molar-refractivity contribution in [1.82, 2.24) is 15.8 Å². The van der Waals surface area contributed by atoms with Gasteiger partial charge in [-0.05, 0) is 41.1 Å². The lowest BCUT2D eigenvalue weighted by Crippen LogP contribution is -2.53. The summed E-state index contributed by atoms with van der Waals surface area (Å²) in [6.07, 6.45) is 0.274. The summed E-state index contributed by atoms with van der Waals surface area (Å²) in [7, 11) is 0. The Morgan fingerprint density at radius 2 is 1.87 bits per heavy atom. The first kappa shape index (κ1) is 15.4. The molecular formula is C15H14BrN3O4. The molecule has 1 aromatic heterocycles. The highest BCUT2D eigenvalue weighted by Gasteiger charge is 2.34. The van der Waals surface area contributed by atoms with Gasteiger partial charge < -0.3 is 14.5 Å². The number of H-pyrrole nitrogens is 1. The molecule has 7 nitrogen and oxygen atoms in total. The number of rotatable bonds is 2. The van der Waals surface area contributed by atoms with Gasteiger partial charge in [-0.2, -0.15) is 0 Å². The van der Waals surface area contributed by atoms with Crippen molar-refractivity contribution in [2.75, 3.05) is 0 Å². The Morgan fingerprint density at radius 3 is 2.52 bits per heavy atom. The number of hydrogen-bond donors (Lipinski definition) is 3. The largest absolute Gasteiger partial charge is 0.482 e. The van der Waals surface area contributed by atoms with Crippen LogP contribution in [-0.4, -0.2) is 29.0 Å². The van der Waals surface area contributed by atoms with E-state index in [9.17, 15) is 9.59 Å². The number of carbonyl (C=O) groups excluding carboxylic acids is 2. The minimum atomic E-state index is -0.861. The van der Waals surface area contributed by atoms with E-state index in [1.165, 1.54) is 0 Å². The van der Waals surface area contributed by atoms with Crippen molar-refractivity contribution >= 4 is 27.7 Å². The summed E-state index contributed by atoms with van der Waals surface area (Å²) in [6.45, 7) is 1.73. The molecule has 2 atom stereocenters. The molecule has 0 aliphatic carbocycles. The van der Waals surface area contributed by atoms with Crippen LogP contribution in [0.2, 0.25) is 0 Å². The van der Waals surface area contributed by atoms with Crippen molar-refractivity contribution in [1.29, 1.82) is 0 Å². The lowest BCUT2D eigenvalue weighted by molar-refractivity contribution is -0.134. The number of aromatic nitrogens is 1. The third kappa shape index (κ3) is 3.31. The van der Waals surface area contributed by atoms with Gasteiger partial charge in [-0.25, -0.2) is 0 Å². The van der Waals surface area contributed by atoms with E-state index in [1.807, 2.05) is 6.07 Å². The number of para-hydroxylation sites is 2. The lowest BCUT2D eigenvalue weighted by atomic mass is 10.1. The van der Waals surface area contributed by atoms with Gasteiger partial charge in [0.15, 0.2) is 11.5 Å². The second-order valence-electron chi connectivity index (χ2n) is 4.98. The molecule has 0 spiro atoms. The molecule has 1 aliphatic rings. The monoisotopic (exact) mass is 379 g/mol. The number of benzene rings is 1. The molecule has 0 bridgehead atoms. The highest BCUT2D eigenvalue weighted by atomic mass is 79.9. The first-order valence-corrected chi connectivity index (χ1v) is 7.70. The van der Waals surface area contributed by atoms with Crippen LogP contribution in [0.4, 0.5) is 0 Å². The van der Waals surface area contributed by atoms with Crippen LogP contribution >= 0.6 is 15.9 Å². The predicted octanol–water partition coefficient (Wildman–Crippen LogP) is 1.77. The smallest absolute Gasteiger partial charge is 0.286 e. The van der Waals surface area contributed by atoms with Gasteiger partial charge >= 0.3 is 0 Å². The van der Waals surface area contributed by atoms with E-state index in [0.717, 1.165) is 4.47 Å². The van der Waals surface area contributed by atoms with Gasteiger partial charge in [0, 0.05) is 10.7 Å². The second kappa shape index (κ2) is 6.33. The minimum Gasteiger partial charge on any atom is -0.482 e. The van der Waals surface area contributed by atoms with Crippen molar-refractivity contribution in [3.63, 3.8) is 0 Å². The zero-order valence-electron chi connectivity index (χ0n) is 12.1. The van der Waals surface area contributed by atoms with Crippen molar-refractivity contribution < 1.29 is 19.1 Å². The van der Waals surface area contributed by atoms with Crippen molar-refractivity contribution in [3.05, 3.63) is 46.7 Å². The van der Waals surface area contributed by atoms with Crippen molar-refractivity contribution in [2.45, 2.75) is 19.1 Å². The summed E-state index contributed by atoms with van der Waals surface area (Å²) in [5.41, 5.74) is 4.99. The summed E-state index contributed by atoms with van der Waals surface area (Å²) in [5, 5.41) is 0. The zero-order valence-corrected chi connectivity index (χ0v) is 13.7. The van der Waals surface area contributed by atoms with Crippen LogP contribution in [-0.2, 0) is 4.79 Å². The standard InChI is InChI=1S/C15H14BrN3O4/c1-8-13(23-12-5-3-2-4-11(12)22-8)15(21)19-18-14(20)10-6-9(16)7-17-10/h2-8,13,17H,1H3,(H,18,20)(H,19,21). The lowest BCUT2D eigenvalue weighted by Gasteiger charge is -2.30. The van der Waals surface area contributed by atoms with E-state index >= 15 is 0 Å². The summed E-state index contributed by atoms with van der Waals surface area (Å²) in [4.78, 5) is 26.8. The number of hydrogen-bond acceptors (Lipinski definition) is 4. The highest BCUT2D eigenvalue weighted by molar-refractivity contribution is 9.10. The minimum absolute atomic E-state index is 0.316. The number of fused-ring (bicyclic) bond motifs is 1. The van der Waals surface area contributed by atoms with Crippen LogP contribution in [0.1, 0.15) is 17.4 Å². The topological polar surface area (TPSA) is 92.4 Å². The predicted molar refractivity (Wildman–Crippen MR) is 85.0 cm³/mol. The van der Waals surface area contributed by atoms with E-state index in [1.54, 1.807) is 37.4 Å². The average molecular weight is 380 g/mol. The molecule has 2 heterocycles. The third-order valence-electron chi connectivity index (χ3n) is 3.29. The molecule has 1 aliphatic heterocycles. The van der Waals surface area contributed by atoms with Gasteiger partial charge in [0.25, 0.3) is 11.8 Å². The molecule has 0 saturated heterocycles. The molecule has 0 saturated carbocycles. The Bertz CT molecular complexity index is 746. The fourth-order valence-electron chi connectivity index (χ4n) is 2.16. The van der Waals surface area contributed by atoms with Gasteiger partial charge in [-0.1, -0.05) is 12.1 Å². The van der Waals surface area contributed by atoms with Gasteiger partial charge in [-0.3, -0.25) is 20.4 Å². The molecule has 23 heavy (non-hydrogen) atoms. The van der Waals surface area contributed by atoms with Crippen LogP contribution in [0.25, 0.3) is 0 Å². The normalized spacial score (nSPS) is 19.0.